The van der Waals surface area contributed by atoms with Gasteiger partial charge in [0.15, 0.2) is 9.84 Å². The smallest absolute Gasteiger partial charge is 0.292 e. The first-order valence-electron chi connectivity index (χ1n) is 4.43. The Morgan fingerprint density at radius 2 is 1.75 bits per heavy atom. The summed E-state index contributed by atoms with van der Waals surface area (Å²) in [4.78, 5) is 10.6. The number of carbonyl (C=O) groups excluding carboxylic acids is 1. The topological polar surface area (TPSA) is 51.2 Å². The van der Waals surface area contributed by atoms with Crippen molar-refractivity contribution in [3.8, 4) is 0 Å². The number of rotatable bonds is 4. The maximum absolute atomic E-state index is 11.9. The van der Waals surface area contributed by atoms with E-state index in [0.29, 0.717) is 0 Å². The average molecular weight is 248 g/mol. The summed E-state index contributed by atoms with van der Waals surface area (Å²) in [5.41, 5.74) is 0.846. The van der Waals surface area contributed by atoms with E-state index in [0.717, 1.165) is 5.56 Å². The van der Waals surface area contributed by atoms with E-state index in [1.165, 1.54) is 12.1 Å². The standard InChI is InChI=1S/C10H10F2O3S/c1-7-2-4-8(5-3-7)16(14,15)6-9(13)10(11)12/h2-5,10H,6H2,1H3. The Morgan fingerprint density at radius 1 is 1.25 bits per heavy atom. The van der Waals surface area contributed by atoms with Crippen LogP contribution in [-0.2, 0) is 14.6 Å². The number of benzene rings is 1. The minimum Gasteiger partial charge on any atom is -0.292 e. The molecule has 0 aliphatic rings. The number of sulfone groups is 1. The minimum atomic E-state index is -3.95. The SMILES string of the molecule is Cc1ccc(S(=O)(=O)CC(=O)C(F)F)cc1. The van der Waals surface area contributed by atoms with Crippen LogP contribution in [-0.4, -0.2) is 26.4 Å². The van der Waals surface area contributed by atoms with E-state index in [4.69, 9.17) is 0 Å². The number of alkyl halides is 2. The van der Waals surface area contributed by atoms with Gasteiger partial charge in [0.2, 0.25) is 5.78 Å². The zero-order chi connectivity index (χ0) is 12.3. The van der Waals surface area contributed by atoms with E-state index in [1.54, 1.807) is 19.1 Å². The molecule has 1 aromatic rings. The third-order valence-corrected chi connectivity index (χ3v) is 3.61. The normalized spacial score (nSPS) is 11.8. The fraction of sp³-hybridized carbons (Fsp3) is 0.300. The number of halogens is 2. The van der Waals surface area contributed by atoms with Gasteiger partial charge in [0.05, 0.1) is 4.90 Å². The van der Waals surface area contributed by atoms with Gasteiger partial charge in [0.1, 0.15) is 5.75 Å². The van der Waals surface area contributed by atoms with Gasteiger partial charge in [-0.3, -0.25) is 4.79 Å². The summed E-state index contributed by atoms with van der Waals surface area (Å²) in [6.45, 7) is 1.76. The molecule has 0 saturated carbocycles. The van der Waals surface area contributed by atoms with Crippen LogP contribution >= 0.6 is 0 Å². The van der Waals surface area contributed by atoms with Crippen LogP contribution in [0.3, 0.4) is 0 Å². The molecule has 16 heavy (non-hydrogen) atoms. The van der Waals surface area contributed by atoms with Crippen LogP contribution in [0.15, 0.2) is 29.2 Å². The summed E-state index contributed by atoms with van der Waals surface area (Å²) in [5, 5.41) is 0. The lowest BCUT2D eigenvalue weighted by Gasteiger charge is -2.03. The highest BCUT2D eigenvalue weighted by Gasteiger charge is 2.24. The van der Waals surface area contributed by atoms with Crippen molar-refractivity contribution in [1.82, 2.24) is 0 Å². The highest BCUT2D eigenvalue weighted by atomic mass is 32.2. The van der Waals surface area contributed by atoms with Crippen LogP contribution in [0, 0.1) is 6.92 Å². The Morgan fingerprint density at radius 3 is 2.19 bits per heavy atom. The number of hydrogen-bond acceptors (Lipinski definition) is 3. The van der Waals surface area contributed by atoms with Crippen molar-refractivity contribution >= 4 is 15.6 Å². The third-order valence-electron chi connectivity index (χ3n) is 1.96. The van der Waals surface area contributed by atoms with E-state index in [1.807, 2.05) is 0 Å². The van der Waals surface area contributed by atoms with Crippen LogP contribution < -0.4 is 0 Å². The first kappa shape index (κ1) is 12.8. The molecular formula is C10H10F2O3S. The Balaban J connectivity index is 2.95. The molecule has 6 heteroatoms. The molecule has 0 N–H and O–H groups in total. The molecular weight excluding hydrogens is 238 g/mol. The van der Waals surface area contributed by atoms with Crippen molar-refractivity contribution < 1.29 is 22.0 Å². The molecule has 0 atom stereocenters. The quantitative estimate of drug-likeness (QED) is 0.813. The highest BCUT2D eigenvalue weighted by molar-refractivity contribution is 7.92. The third kappa shape index (κ3) is 3.10. The lowest BCUT2D eigenvalue weighted by Crippen LogP contribution is -2.22. The van der Waals surface area contributed by atoms with E-state index < -0.39 is 27.8 Å². The largest absolute Gasteiger partial charge is 0.297 e. The summed E-state index contributed by atoms with van der Waals surface area (Å²) in [6.07, 6.45) is -3.25. The molecule has 0 aliphatic carbocycles. The predicted octanol–water partition coefficient (Wildman–Crippen LogP) is 1.60. The highest BCUT2D eigenvalue weighted by Crippen LogP contribution is 2.13. The van der Waals surface area contributed by atoms with Crippen molar-refractivity contribution in [3.05, 3.63) is 29.8 Å². The summed E-state index contributed by atoms with van der Waals surface area (Å²) in [7, 11) is -3.95. The zero-order valence-corrected chi connectivity index (χ0v) is 9.30. The molecule has 0 spiro atoms. The van der Waals surface area contributed by atoms with Gasteiger partial charge in [0, 0.05) is 0 Å². The molecule has 1 rings (SSSR count). The Kier molecular flexibility index (Phi) is 3.74. The number of ketones is 1. The zero-order valence-electron chi connectivity index (χ0n) is 8.48. The van der Waals surface area contributed by atoms with Gasteiger partial charge in [-0.25, -0.2) is 17.2 Å². The molecule has 88 valence electrons. The van der Waals surface area contributed by atoms with Crippen molar-refractivity contribution in [2.45, 2.75) is 18.2 Å². The lowest BCUT2D eigenvalue weighted by atomic mass is 10.2. The van der Waals surface area contributed by atoms with E-state index >= 15 is 0 Å². The Labute approximate surface area is 92.0 Å². The van der Waals surface area contributed by atoms with Gasteiger partial charge in [-0.15, -0.1) is 0 Å². The number of Topliss-reactive ketones (excluding diaryl/α,β-unsaturated/α-hetero) is 1. The summed E-state index contributed by atoms with van der Waals surface area (Å²) in [5.74, 6) is -2.74. The maximum atomic E-state index is 11.9. The van der Waals surface area contributed by atoms with Crippen LogP contribution in [0.2, 0.25) is 0 Å². The molecule has 0 aromatic heterocycles. The van der Waals surface area contributed by atoms with Crippen LogP contribution in [0.5, 0.6) is 0 Å². The summed E-state index contributed by atoms with van der Waals surface area (Å²) < 4.78 is 46.9. The second kappa shape index (κ2) is 4.69. The predicted molar refractivity (Wildman–Crippen MR) is 54.2 cm³/mol. The number of aryl methyl sites for hydroxylation is 1. The van der Waals surface area contributed by atoms with E-state index in [9.17, 15) is 22.0 Å². The Bertz CT molecular complexity index is 477. The minimum absolute atomic E-state index is 0.118. The van der Waals surface area contributed by atoms with Crippen molar-refractivity contribution in [3.63, 3.8) is 0 Å². The van der Waals surface area contributed by atoms with Gasteiger partial charge in [-0.2, -0.15) is 0 Å². The van der Waals surface area contributed by atoms with Gasteiger partial charge < -0.3 is 0 Å². The van der Waals surface area contributed by atoms with Crippen molar-refractivity contribution in [2.24, 2.45) is 0 Å². The summed E-state index contributed by atoms with van der Waals surface area (Å²) >= 11 is 0. The number of hydrogen-bond donors (Lipinski definition) is 0. The van der Waals surface area contributed by atoms with Gasteiger partial charge in [-0.1, -0.05) is 17.7 Å². The second-order valence-corrected chi connectivity index (χ2v) is 5.33. The maximum Gasteiger partial charge on any atom is 0.297 e. The van der Waals surface area contributed by atoms with Crippen molar-refractivity contribution in [2.75, 3.05) is 5.75 Å². The fourth-order valence-corrected chi connectivity index (χ4v) is 2.30. The van der Waals surface area contributed by atoms with Crippen molar-refractivity contribution in [1.29, 1.82) is 0 Å². The van der Waals surface area contributed by atoms with Gasteiger partial charge in [0.25, 0.3) is 6.43 Å². The molecule has 0 saturated heterocycles. The van der Waals surface area contributed by atoms with Crippen LogP contribution in [0.4, 0.5) is 8.78 Å². The number of carbonyl (C=O) groups is 1. The average Bonchev–Trinajstić information content (AvgIpc) is 2.17. The summed E-state index contributed by atoms with van der Waals surface area (Å²) in [6, 6.07) is 5.67. The first-order valence-corrected chi connectivity index (χ1v) is 6.08. The van der Waals surface area contributed by atoms with E-state index in [-0.39, 0.29) is 4.90 Å². The van der Waals surface area contributed by atoms with Gasteiger partial charge in [-0.05, 0) is 19.1 Å². The molecule has 0 heterocycles. The fourth-order valence-electron chi connectivity index (χ4n) is 1.08. The molecule has 0 fully saturated rings. The van der Waals surface area contributed by atoms with E-state index in [2.05, 4.69) is 0 Å². The molecule has 0 unspecified atom stereocenters. The molecule has 3 nitrogen and oxygen atoms in total. The molecule has 0 radical (unpaired) electrons. The molecule has 1 aromatic carbocycles. The van der Waals surface area contributed by atoms with Crippen LogP contribution in [0.1, 0.15) is 5.56 Å². The van der Waals surface area contributed by atoms with Crippen LogP contribution in [0.25, 0.3) is 0 Å². The molecule has 0 aliphatic heterocycles. The first-order chi connectivity index (χ1) is 7.33. The van der Waals surface area contributed by atoms with Gasteiger partial charge >= 0.3 is 0 Å². The second-order valence-electron chi connectivity index (χ2n) is 3.34. The Hall–Kier alpha value is -1.30. The molecule has 0 amide bonds. The molecule has 0 bridgehead atoms. The lowest BCUT2D eigenvalue weighted by molar-refractivity contribution is -0.126. The monoisotopic (exact) mass is 248 g/mol.